The number of aryl methyl sites for hydroxylation is 1. The van der Waals surface area contributed by atoms with Crippen LogP contribution >= 0.6 is 11.8 Å². The van der Waals surface area contributed by atoms with Gasteiger partial charge in [0.2, 0.25) is 0 Å². The highest BCUT2D eigenvalue weighted by molar-refractivity contribution is 8.18. The molecule has 0 spiro atoms. The zero-order valence-corrected chi connectivity index (χ0v) is 16.6. The highest BCUT2D eigenvalue weighted by atomic mass is 32.2. The SMILES string of the molecule is CCN1C(=O)/C(=C\c2ccc(C)c(OC)c2)SC1=Nc1cccc(C(=O)O)c1. The minimum atomic E-state index is -1.02. The summed E-state index contributed by atoms with van der Waals surface area (Å²) < 4.78 is 5.35. The van der Waals surface area contributed by atoms with E-state index in [4.69, 9.17) is 9.84 Å². The molecule has 1 fully saturated rings. The predicted octanol–water partition coefficient (Wildman–Crippen LogP) is 4.33. The van der Waals surface area contributed by atoms with Crippen LogP contribution in [-0.2, 0) is 4.79 Å². The van der Waals surface area contributed by atoms with Crippen molar-refractivity contribution in [2.24, 2.45) is 4.99 Å². The summed E-state index contributed by atoms with van der Waals surface area (Å²) in [6.45, 7) is 4.30. The van der Waals surface area contributed by atoms with E-state index in [2.05, 4.69) is 4.99 Å². The molecule has 1 aliphatic rings. The van der Waals surface area contributed by atoms with Gasteiger partial charge in [0.05, 0.1) is 23.3 Å². The molecule has 2 aromatic rings. The fraction of sp³-hybridized carbons (Fsp3) is 0.190. The average Bonchev–Trinajstić information content (AvgIpc) is 2.97. The zero-order chi connectivity index (χ0) is 20.3. The number of carboxylic acid groups (broad SMARTS) is 1. The summed E-state index contributed by atoms with van der Waals surface area (Å²) in [5.41, 5.74) is 2.53. The van der Waals surface area contributed by atoms with Crippen LogP contribution in [-0.4, -0.2) is 40.7 Å². The summed E-state index contributed by atoms with van der Waals surface area (Å²) >= 11 is 1.27. The number of likely N-dealkylation sites (N-methyl/N-ethyl adjacent to an activating group) is 1. The van der Waals surface area contributed by atoms with Crippen molar-refractivity contribution >= 4 is 40.6 Å². The molecule has 1 heterocycles. The number of carbonyl (C=O) groups excluding carboxylic acids is 1. The van der Waals surface area contributed by atoms with Crippen LogP contribution in [0.4, 0.5) is 5.69 Å². The Labute approximate surface area is 167 Å². The molecule has 0 bridgehead atoms. The van der Waals surface area contributed by atoms with Crippen LogP contribution in [0.1, 0.15) is 28.4 Å². The number of amidine groups is 1. The number of nitrogens with zero attached hydrogens (tertiary/aromatic N) is 2. The van der Waals surface area contributed by atoms with Gasteiger partial charge in [0.1, 0.15) is 5.75 Å². The molecule has 0 unspecified atom stereocenters. The molecule has 2 aromatic carbocycles. The maximum Gasteiger partial charge on any atom is 0.335 e. The fourth-order valence-corrected chi connectivity index (χ4v) is 3.83. The van der Waals surface area contributed by atoms with E-state index in [0.717, 1.165) is 16.9 Å². The van der Waals surface area contributed by atoms with Crippen molar-refractivity contribution in [3.05, 3.63) is 64.1 Å². The Balaban J connectivity index is 1.94. The first kappa shape index (κ1) is 19.7. The van der Waals surface area contributed by atoms with Gasteiger partial charge in [-0.25, -0.2) is 9.79 Å². The number of aliphatic imine (C=N–C) groups is 1. The van der Waals surface area contributed by atoms with Crippen molar-refractivity contribution in [1.82, 2.24) is 4.90 Å². The molecule has 0 saturated carbocycles. The molecule has 144 valence electrons. The van der Waals surface area contributed by atoms with Crippen molar-refractivity contribution in [2.45, 2.75) is 13.8 Å². The van der Waals surface area contributed by atoms with Crippen LogP contribution in [0.25, 0.3) is 6.08 Å². The number of carboxylic acids is 1. The number of thioether (sulfide) groups is 1. The van der Waals surface area contributed by atoms with Gasteiger partial charge in [-0.1, -0.05) is 18.2 Å². The Kier molecular flexibility index (Phi) is 5.84. The summed E-state index contributed by atoms with van der Waals surface area (Å²) in [5.74, 6) is -0.379. The summed E-state index contributed by atoms with van der Waals surface area (Å²) in [5, 5.41) is 9.67. The molecule has 1 N–H and O–H groups in total. The van der Waals surface area contributed by atoms with Gasteiger partial charge in [-0.15, -0.1) is 0 Å². The molecule has 0 atom stereocenters. The lowest BCUT2D eigenvalue weighted by molar-refractivity contribution is -0.122. The monoisotopic (exact) mass is 396 g/mol. The van der Waals surface area contributed by atoms with Gasteiger partial charge >= 0.3 is 5.97 Å². The third-order valence-electron chi connectivity index (χ3n) is 4.25. The van der Waals surface area contributed by atoms with Gasteiger partial charge in [-0.2, -0.15) is 0 Å². The van der Waals surface area contributed by atoms with Crippen LogP contribution in [0.2, 0.25) is 0 Å². The van der Waals surface area contributed by atoms with Crippen LogP contribution in [0.5, 0.6) is 5.75 Å². The minimum absolute atomic E-state index is 0.125. The van der Waals surface area contributed by atoms with E-state index in [1.54, 1.807) is 24.1 Å². The molecule has 0 aromatic heterocycles. The minimum Gasteiger partial charge on any atom is -0.496 e. The summed E-state index contributed by atoms with van der Waals surface area (Å²) in [6, 6.07) is 12.1. The van der Waals surface area contributed by atoms with Crippen molar-refractivity contribution in [1.29, 1.82) is 0 Å². The normalized spacial score (nSPS) is 16.8. The third-order valence-corrected chi connectivity index (χ3v) is 5.26. The van der Waals surface area contributed by atoms with Crippen LogP contribution in [0.15, 0.2) is 52.4 Å². The zero-order valence-electron chi connectivity index (χ0n) is 15.8. The van der Waals surface area contributed by atoms with Gasteiger partial charge < -0.3 is 9.84 Å². The van der Waals surface area contributed by atoms with Gasteiger partial charge in [0, 0.05) is 6.54 Å². The second-order valence-corrected chi connectivity index (χ2v) is 7.15. The maximum atomic E-state index is 12.8. The summed E-state index contributed by atoms with van der Waals surface area (Å²) in [6.07, 6.45) is 1.81. The molecule has 1 amide bonds. The molecule has 28 heavy (non-hydrogen) atoms. The Morgan fingerprint density at radius 3 is 2.75 bits per heavy atom. The number of aromatic carboxylic acids is 1. The Morgan fingerprint density at radius 1 is 1.29 bits per heavy atom. The lowest BCUT2D eigenvalue weighted by Crippen LogP contribution is -2.28. The first-order chi connectivity index (χ1) is 13.4. The Bertz CT molecular complexity index is 998. The number of benzene rings is 2. The van der Waals surface area contributed by atoms with Gasteiger partial charge in [0.25, 0.3) is 5.91 Å². The van der Waals surface area contributed by atoms with Crippen molar-refractivity contribution in [3.63, 3.8) is 0 Å². The summed E-state index contributed by atoms with van der Waals surface area (Å²) in [7, 11) is 1.61. The number of carbonyl (C=O) groups is 2. The molecule has 6 nitrogen and oxygen atoms in total. The van der Waals surface area contributed by atoms with Crippen LogP contribution in [0.3, 0.4) is 0 Å². The molecular weight excluding hydrogens is 376 g/mol. The third kappa shape index (κ3) is 4.09. The van der Waals surface area contributed by atoms with E-state index < -0.39 is 5.97 Å². The molecule has 3 rings (SSSR count). The largest absolute Gasteiger partial charge is 0.496 e. The molecule has 0 aliphatic carbocycles. The van der Waals surface area contributed by atoms with E-state index in [-0.39, 0.29) is 11.5 Å². The van der Waals surface area contributed by atoms with E-state index in [1.807, 2.05) is 38.1 Å². The van der Waals surface area contributed by atoms with Crippen molar-refractivity contribution in [3.8, 4) is 5.75 Å². The number of hydrogen-bond donors (Lipinski definition) is 1. The predicted molar refractivity (Wildman–Crippen MR) is 111 cm³/mol. The first-order valence-electron chi connectivity index (χ1n) is 8.71. The van der Waals surface area contributed by atoms with Gasteiger partial charge in [-0.3, -0.25) is 9.69 Å². The standard InChI is InChI=1S/C21H20N2O4S/c1-4-23-19(24)18(11-14-9-8-13(2)17(10-14)27-3)28-21(23)22-16-7-5-6-15(12-16)20(25)26/h5-12H,4H2,1-3H3,(H,25,26)/b18-11+,22-21?. The molecule has 1 aliphatic heterocycles. The van der Waals surface area contributed by atoms with E-state index in [1.165, 1.54) is 23.9 Å². The summed E-state index contributed by atoms with van der Waals surface area (Å²) in [4.78, 5) is 30.6. The quantitative estimate of drug-likeness (QED) is 0.761. The number of rotatable bonds is 5. The second kappa shape index (κ2) is 8.31. The Hall–Kier alpha value is -3.06. The number of methoxy groups -OCH3 is 1. The molecule has 0 radical (unpaired) electrons. The number of amides is 1. The smallest absolute Gasteiger partial charge is 0.335 e. The van der Waals surface area contributed by atoms with Gasteiger partial charge in [-0.05, 0) is 67.1 Å². The second-order valence-electron chi connectivity index (χ2n) is 6.14. The van der Waals surface area contributed by atoms with Crippen LogP contribution in [0, 0.1) is 6.92 Å². The van der Waals surface area contributed by atoms with E-state index in [9.17, 15) is 9.59 Å². The van der Waals surface area contributed by atoms with Crippen LogP contribution < -0.4 is 4.74 Å². The molecule has 1 saturated heterocycles. The lowest BCUT2D eigenvalue weighted by atomic mass is 10.1. The van der Waals surface area contributed by atoms with E-state index >= 15 is 0 Å². The first-order valence-corrected chi connectivity index (χ1v) is 9.52. The number of hydrogen-bond acceptors (Lipinski definition) is 5. The lowest BCUT2D eigenvalue weighted by Gasteiger charge is -2.12. The fourth-order valence-electron chi connectivity index (χ4n) is 2.77. The van der Waals surface area contributed by atoms with Gasteiger partial charge in [0.15, 0.2) is 5.17 Å². The molecular formula is C21H20N2O4S. The number of ether oxygens (including phenoxy) is 1. The molecule has 7 heteroatoms. The maximum absolute atomic E-state index is 12.8. The van der Waals surface area contributed by atoms with Crippen molar-refractivity contribution in [2.75, 3.05) is 13.7 Å². The van der Waals surface area contributed by atoms with E-state index in [0.29, 0.717) is 22.3 Å². The average molecular weight is 396 g/mol. The highest BCUT2D eigenvalue weighted by Gasteiger charge is 2.32. The van der Waals surface area contributed by atoms with Crippen molar-refractivity contribution < 1.29 is 19.4 Å². The highest BCUT2D eigenvalue weighted by Crippen LogP contribution is 2.34. The topological polar surface area (TPSA) is 79.2 Å². The Morgan fingerprint density at radius 2 is 2.07 bits per heavy atom.